The zero-order valence-corrected chi connectivity index (χ0v) is 19.7. The molecule has 0 aliphatic heterocycles. The van der Waals surface area contributed by atoms with Gasteiger partial charge in [0, 0.05) is 36.9 Å². The Hall–Kier alpha value is -3.22. The van der Waals surface area contributed by atoms with Crippen molar-refractivity contribution < 1.29 is 37.7 Å². The summed E-state index contributed by atoms with van der Waals surface area (Å²) in [5.74, 6) is -2.95. The van der Waals surface area contributed by atoms with E-state index in [1.54, 1.807) is 6.92 Å². The van der Waals surface area contributed by atoms with Gasteiger partial charge in [0.15, 0.2) is 5.13 Å². The number of aromatic nitrogens is 1. The van der Waals surface area contributed by atoms with Crippen LogP contribution in [0, 0.1) is 11.6 Å². The van der Waals surface area contributed by atoms with Crippen LogP contribution in [-0.2, 0) is 9.53 Å². The topological polar surface area (TPSA) is 107 Å². The molecule has 0 radical (unpaired) electrons. The first-order chi connectivity index (χ1) is 16.2. The molecule has 1 atom stereocenters. The van der Waals surface area contributed by atoms with E-state index >= 15 is 0 Å². The first kappa shape index (κ1) is 25.4. The number of carbonyl (C=O) groups excluding carboxylic acids is 1. The molecule has 0 aliphatic rings. The molecular formula is C22H20F2N2O6S2. The van der Waals surface area contributed by atoms with Crippen LogP contribution in [-0.4, -0.2) is 47.5 Å². The summed E-state index contributed by atoms with van der Waals surface area (Å²) in [4.78, 5) is 27.7. The average Bonchev–Trinajstić information content (AvgIpc) is 3.18. The van der Waals surface area contributed by atoms with E-state index in [0.717, 1.165) is 35.2 Å². The monoisotopic (exact) mass is 510 g/mol. The number of ether oxygens (including phenoxy) is 3. The van der Waals surface area contributed by atoms with Crippen LogP contribution in [0.3, 0.4) is 0 Å². The molecule has 0 aliphatic carbocycles. The smallest absolute Gasteiger partial charge is 0.313 e. The van der Waals surface area contributed by atoms with E-state index in [2.05, 4.69) is 10.3 Å². The number of methoxy groups -OCH3 is 1. The first-order valence-electron chi connectivity index (χ1n) is 9.78. The molecule has 0 saturated carbocycles. The fraction of sp³-hybridized carbons (Fsp3) is 0.227. The number of halogens is 2. The fourth-order valence-electron chi connectivity index (χ4n) is 2.74. The van der Waals surface area contributed by atoms with Gasteiger partial charge in [0.2, 0.25) is 0 Å². The zero-order valence-electron chi connectivity index (χ0n) is 18.0. The van der Waals surface area contributed by atoms with Crippen LogP contribution in [0.2, 0.25) is 0 Å². The molecule has 0 bridgehead atoms. The second kappa shape index (κ2) is 11.8. The van der Waals surface area contributed by atoms with E-state index in [0.29, 0.717) is 10.3 Å². The molecule has 1 heterocycles. The maximum atomic E-state index is 13.6. The van der Waals surface area contributed by atoms with Crippen molar-refractivity contribution in [2.45, 2.75) is 17.2 Å². The Kier molecular flexibility index (Phi) is 8.79. The van der Waals surface area contributed by atoms with Gasteiger partial charge in [-0.3, -0.25) is 14.9 Å². The highest BCUT2D eigenvalue weighted by Crippen LogP contribution is 2.31. The number of thiazole rings is 1. The zero-order chi connectivity index (χ0) is 24.7. The Labute approximate surface area is 201 Å². The van der Waals surface area contributed by atoms with E-state index in [-0.39, 0.29) is 46.4 Å². The summed E-state index contributed by atoms with van der Waals surface area (Å²) in [5, 5.41) is 11.7. The van der Waals surface area contributed by atoms with Crippen LogP contribution in [0.4, 0.5) is 13.9 Å². The minimum atomic E-state index is -0.964. The number of amides is 1. The Balaban J connectivity index is 1.83. The van der Waals surface area contributed by atoms with E-state index in [1.807, 2.05) is 0 Å². The number of carbonyl (C=O) groups is 2. The minimum absolute atomic E-state index is 0.0917. The van der Waals surface area contributed by atoms with Gasteiger partial charge < -0.3 is 19.3 Å². The molecule has 3 rings (SSSR count). The van der Waals surface area contributed by atoms with Crippen LogP contribution >= 0.6 is 23.1 Å². The van der Waals surface area contributed by atoms with Crippen molar-refractivity contribution in [1.29, 1.82) is 0 Å². The van der Waals surface area contributed by atoms with E-state index in [4.69, 9.17) is 19.3 Å². The molecule has 0 spiro atoms. The number of thioether (sulfide) groups is 1. The molecule has 34 heavy (non-hydrogen) atoms. The predicted molar refractivity (Wildman–Crippen MR) is 123 cm³/mol. The third-order valence-electron chi connectivity index (χ3n) is 4.00. The van der Waals surface area contributed by atoms with Gasteiger partial charge in [-0.05, 0) is 19.1 Å². The Morgan fingerprint density at radius 3 is 2.47 bits per heavy atom. The highest BCUT2D eigenvalue weighted by Gasteiger charge is 2.15. The minimum Gasteiger partial charge on any atom is -0.488 e. The summed E-state index contributed by atoms with van der Waals surface area (Å²) in [6.07, 6.45) is 1.11. The molecule has 0 saturated heterocycles. The number of nitrogens with one attached hydrogen (secondary N) is 1. The molecular weight excluding hydrogens is 490 g/mol. The normalized spacial score (nSPS) is 11.6. The third-order valence-corrected chi connectivity index (χ3v) is 6.09. The van der Waals surface area contributed by atoms with Gasteiger partial charge in [-0.25, -0.2) is 13.8 Å². The average molecular weight is 511 g/mol. The van der Waals surface area contributed by atoms with Gasteiger partial charge in [-0.2, -0.15) is 0 Å². The summed E-state index contributed by atoms with van der Waals surface area (Å²) in [7, 11) is 1.52. The quantitative estimate of drug-likeness (QED) is 0.345. The van der Waals surface area contributed by atoms with Crippen LogP contribution < -0.4 is 14.8 Å². The van der Waals surface area contributed by atoms with E-state index < -0.39 is 23.5 Å². The summed E-state index contributed by atoms with van der Waals surface area (Å²) in [6, 6.07) is 7.09. The first-order valence-corrected chi connectivity index (χ1v) is 11.6. The molecule has 0 unspecified atom stereocenters. The van der Waals surface area contributed by atoms with E-state index in [9.17, 15) is 18.4 Å². The predicted octanol–water partition coefficient (Wildman–Crippen LogP) is 5.06. The molecule has 2 aromatic carbocycles. The molecule has 3 aromatic rings. The second-order valence-corrected chi connectivity index (χ2v) is 9.21. The SMILES string of the molecule is COC[C@H](C)Oc1cc(Oc2cc(F)cc(F)c2)cc(C(=O)Nc2ncc(SCC(=O)O)s2)c1. The fourth-order valence-corrected chi connectivity index (χ4v) is 4.33. The third kappa shape index (κ3) is 7.68. The van der Waals surface area contributed by atoms with Crippen LogP contribution in [0.1, 0.15) is 17.3 Å². The summed E-state index contributed by atoms with van der Waals surface area (Å²) >= 11 is 2.21. The Morgan fingerprint density at radius 1 is 1.12 bits per heavy atom. The molecule has 180 valence electrons. The number of hydrogen-bond donors (Lipinski definition) is 2. The molecule has 12 heteroatoms. The Morgan fingerprint density at radius 2 is 1.79 bits per heavy atom. The van der Waals surface area contributed by atoms with Crippen molar-refractivity contribution in [1.82, 2.24) is 4.98 Å². The highest BCUT2D eigenvalue weighted by molar-refractivity contribution is 8.01. The largest absolute Gasteiger partial charge is 0.488 e. The lowest BCUT2D eigenvalue weighted by Crippen LogP contribution is -2.18. The number of carboxylic acid groups (broad SMARTS) is 1. The van der Waals surface area contributed by atoms with Crippen molar-refractivity contribution >= 4 is 40.1 Å². The number of carboxylic acids is 1. The van der Waals surface area contributed by atoms with Crippen molar-refractivity contribution in [3.05, 3.63) is 59.8 Å². The van der Waals surface area contributed by atoms with Gasteiger partial charge in [-0.15, -0.1) is 11.8 Å². The molecule has 1 aromatic heterocycles. The number of aliphatic carboxylic acids is 1. The van der Waals surface area contributed by atoms with Crippen LogP contribution in [0.5, 0.6) is 17.2 Å². The van der Waals surface area contributed by atoms with Gasteiger partial charge >= 0.3 is 5.97 Å². The number of nitrogens with zero attached hydrogens (tertiary/aromatic N) is 1. The maximum Gasteiger partial charge on any atom is 0.313 e. The highest BCUT2D eigenvalue weighted by atomic mass is 32.2. The summed E-state index contributed by atoms with van der Waals surface area (Å²) in [5.41, 5.74) is 0.143. The lowest BCUT2D eigenvalue weighted by atomic mass is 10.2. The lowest BCUT2D eigenvalue weighted by Gasteiger charge is -2.16. The van der Waals surface area contributed by atoms with Gasteiger partial charge in [-0.1, -0.05) is 11.3 Å². The number of rotatable bonds is 11. The summed E-state index contributed by atoms with van der Waals surface area (Å²) < 4.78 is 44.1. The van der Waals surface area contributed by atoms with Crippen molar-refractivity contribution in [2.75, 3.05) is 24.8 Å². The molecule has 1 amide bonds. The van der Waals surface area contributed by atoms with Crippen molar-refractivity contribution in [3.8, 4) is 17.2 Å². The molecule has 0 fully saturated rings. The van der Waals surface area contributed by atoms with Crippen molar-refractivity contribution in [3.63, 3.8) is 0 Å². The van der Waals surface area contributed by atoms with Crippen molar-refractivity contribution in [2.24, 2.45) is 0 Å². The van der Waals surface area contributed by atoms with Gasteiger partial charge in [0.1, 0.15) is 35.0 Å². The second-order valence-electron chi connectivity index (χ2n) is 6.91. The molecule has 8 nitrogen and oxygen atoms in total. The molecule has 2 N–H and O–H groups in total. The van der Waals surface area contributed by atoms with Crippen LogP contribution in [0.25, 0.3) is 0 Å². The number of anilines is 1. The standard InChI is InChI=1S/C22H20F2N2O6S2/c1-12(10-30-2)31-16-3-13(4-17(8-16)32-18-6-14(23)5-15(24)7-18)21(29)26-22-25-9-20(34-22)33-11-19(27)28/h3-9,12H,10-11H2,1-2H3,(H,27,28)(H,25,26,29)/t12-/m0/s1. The summed E-state index contributed by atoms with van der Waals surface area (Å²) in [6.45, 7) is 2.06. The maximum absolute atomic E-state index is 13.6. The van der Waals surface area contributed by atoms with E-state index in [1.165, 1.54) is 31.5 Å². The Bertz CT molecular complexity index is 1150. The number of hydrogen-bond acceptors (Lipinski definition) is 8. The van der Waals surface area contributed by atoms with Gasteiger partial charge in [0.05, 0.1) is 22.8 Å². The number of benzene rings is 2. The van der Waals surface area contributed by atoms with Crippen LogP contribution in [0.15, 0.2) is 46.8 Å². The lowest BCUT2D eigenvalue weighted by molar-refractivity contribution is -0.133. The van der Waals surface area contributed by atoms with Gasteiger partial charge in [0.25, 0.3) is 5.91 Å².